The summed E-state index contributed by atoms with van der Waals surface area (Å²) in [7, 11) is 0. The normalized spacial score (nSPS) is 12.0. The molecule has 0 bridgehead atoms. The van der Waals surface area contributed by atoms with E-state index in [1.807, 2.05) is 24.4 Å². The van der Waals surface area contributed by atoms with Crippen LogP contribution in [0.25, 0.3) is 0 Å². The van der Waals surface area contributed by atoms with Gasteiger partial charge in [-0.1, -0.05) is 18.2 Å². The summed E-state index contributed by atoms with van der Waals surface area (Å²) in [6, 6.07) is 7.20. The van der Waals surface area contributed by atoms with E-state index in [9.17, 15) is 14.7 Å². The Morgan fingerprint density at radius 1 is 1.14 bits per heavy atom. The summed E-state index contributed by atoms with van der Waals surface area (Å²) >= 11 is 1.56. The Bertz CT molecular complexity index is 677. The summed E-state index contributed by atoms with van der Waals surface area (Å²) in [4.78, 5) is 24.9. The molecule has 1 atom stereocenters. The van der Waals surface area contributed by atoms with Crippen LogP contribution in [0.4, 0.5) is 0 Å². The minimum atomic E-state index is -1.08. The van der Waals surface area contributed by atoms with Gasteiger partial charge in [0.1, 0.15) is 0 Å². The first-order valence-corrected chi connectivity index (χ1v) is 7.47. The van der Waals surface area contributed by atoms with E-state index in [1.165, 1.54) is 0 Å². The van der Waals surface area contributed by atoms with Gasteiger partial charge in [-0.2, -0.15) is 0 Å². The number of hydrogen-bond acceptors (Lipinski definition) is 3. The molecule has 2 rings (SSSR count). The van der Waals surface area contributed by atoms with Gasteiger partial charge in [-0.15, -0.1) is 11.3 Å². The number of thiophene rings is 1. The maximum absolute atomic E-state index is 12.5. The van der Waals surface area contributed by atoms with Crippen molar-refractivity contribution in [3.8, 4) is 0 Å². The molecule has 2 N–H and O–H groups in total. The van der Waals surface area contributed by atoms with Crippen LogP contribution < -0.4 is 5.32 Å². The molecule has 1 aromatic carbocycles. The summed E-state index contributed by atoms with van der Waals surface area (Å²) in [5.74, 6) is -1.43. The van der Waals surface area contributed by atoms with Gasteiger partial charge in [0, 0.05) is 4.88 Å². The van der Waals surface area contributed by atoms with Crippen molar-refractivity contribution in [3.05, 3.63) is 56.8 Å². The van der Waals surface area contributed by atoms with Crippen molar-refractivity contribution in [2.75, 3.05) is 0 Å². The van der Waals surface area contributed by atoms with E-state index in [0.29, 0.717) is 11.1 Å². The third-order valence-corrected chi connectivity index (χ3v) is 4.44. The van der Waals surface area contributed by atoms with Crippen LogP contribution in [0, 0.1) is 13.8 Å². The van der Waals surface area contributed by atoms with Crippen LogP contribution in [-0.2, 0) is 0 Å². The second-order valence-electron chi connectivity index (χ2n) is 4.97. The van der Waals surface area contributed by atoms with Crippen LogP contribution in [0.15, 0.2) is 29.6 Å². The van der Waals surface area contributed by atoms with Crippen LogP contribution in [0.3, 0.4) is 0 Å². The van der Waals surface area contributed by atoms with Crippen molar-refractivity contribution >= 4 is 23.2 Å². The molecule has 110 valence electrons. The van der Waals surface area contributed by atoms with Crippen molar-refractivity contribution in [2.24, 2.45) is 0 Å². The smallest absolute Gasteiger partial charge is 0.336 e. The quantitative estimate of drug-likeness (QED) is 0.907. The van der Waals surface area contributed by atoms with Gasteiger partial charge in [0.15, 0.2) is 0 Å². The highest BCUT2D eigenvalue weighted by Gasteiger charge is 2.22. The van der Waals surface area contributed by atoms with Crippen molar-refractivity contribution in [3.63, 3.8) is 0 Å². The Kier molecular flexibility index (Phi) is 4.43. The Morgan fingerprint density at radius 2 is 1.76 bits per heavy atom. The molecule has 0 aliphatic rings. The maximum Gasteiger partial charge on any atom is 0.336 e. The molecule has 0 fully saturated rings. The fourth-order valence-electron chi connectivity index (χ4n) is 2.26. The zero-order valence-electron chi connectivity index (χ0n) is 12.1. The maximum atomic E-state index is 12.5. The van der Waals surface area contributed by atoms with Crippen molar-refractivity contribution in [2.45, 2.75) is 26.8 Å². The highest BCUT2D eigenvalue weighted by molar-refractivity contribution is 7.10. The van der Waals surface area contributed by atoms with Gasteiger partial charge < -0.3 is 10.4 Å². The molecule has 0 saturated carbocycles. The molecule has 1 aromatic heterocycles. The number of aromatic carboxylic acids is 1. The van der Waals surface area contributed by atoms with Gasteiger partial charge in [-0.05, 0) is 43.3 Å². The number of carbonyl (C=O) groups is 2. The second-order valence-corrected chi connectivity index (χ2v) is 5.94. The minimum Gasteiger partial charge on any atom is -0.478 e. The molecule has 0 radical (unpaired) electrons. The van der Waals surface area contributed by atoms with Crippen LogP contribution in [-0.4, -0.2) is 17.0 Å². The summed E-state index contributed by atoms with van der Waals surface area (Å²) in [5, 5.41) is 14.2. The molecule has 2 aromatic rings. The largest absolute Gasteiger partial charge is 0.478 e. The molecule has 0 unspecified atom stereocenters. The van der Waals surface area contributed by atoms with E-state index < -0.39 is 5.97 Å². The molecule has 5 heteroatoms. The van der Waals surface area contributed by atoms with Gasteiger partial charge in [-0.3, -0.25) is 4.79 Å². The summed E-state index contributed by atoms with van der Waals surface area (Å²) in [5.41, 5.74) is 1.56. The number of rotatable bonds is 4. The standard InChI is InChI=1S/C16H17NO3S/c1-9-6-7-10(2)14(16(19)20)13(9)15(18)17-11(3)12-5-4-8-21-12/h4-8,11H,1-3H3,(H,17,18)(H,19,20)/t11-/m1/s1. The van der Waals surface area contributed by atoms with Crippen LogP contribution in [0.1, 0.15) is 49.7 Å². The molecular formula is C16H17NO3S. The molecule has 1 heterocycles. The summed E-state index contributed by atoms with van der Waals surface area (Å²) in [6.07, 6.45) is 0. The highest BCUT2D eigenvalue weighted by atomic mass is 32.1. The van der Waals surface area contributed by atoms with E-state index in [0.717, 1.165) is 4.88 Å². The zero-order chi connectivity index (χ0) is 15.6. The number of aryl methyl sites for hydroxylation is 2. The van der Waals surface area contributed by atoms with E-state index in [-0.39, 0.29) is 23.1 Å². The number of benzene rings is 1. The van der Waals surface area contributed by atoms with E-state index >= 15 is 0 Å². The topological polar surface area (TPSA) is 66.4 Å². The summed E-state index contributed by atoms with van der Waals surface area (Å²) < 4.78 is 0. The fourth-order valence-corrected chi connectivity index (χ4v) is 2.99. The average Bonchev–Trinajstić information content (AvgIpc) is 2.94. The highest BCUT2D eigenvalue weighted by Crippen LogP contribution is 2.22. The Balaban J connectivity index is 2.35. The van der Waals surface area contributed by atoms with Crippen molar-refractivity contribution < 1.29 is 14.7 Å². The molecule has 4 nitrogen and oxygen atoms in total. The monoisotopic (exact) mass is 303 g/mol. The lowest BCUT2D eigenvalue weighted by Crippen LogP contribution is -2.29. The molecule has 0 aliphatic carbocycles. The molecule has 0 aliphatic heterocycles. The zero-order valence-corrected chi connectivity index (χ0v) is 13.0. The van der Waals surface area contributed by atoms with E-state index in [1.54, 1.807) is 37.3 Å². The lowest BCUT2D eigenvalue weighted by molar-refractivity contribution is 0.0689. The number of amides is 1. The van der Waals surface area contributed by atoms with Gasteiger partial charge in [0.2, 0.25) is 0 Å². The van der Waals surface area contributed by atoms with Crippen molar-refractivity contribution in [1.29, 1.82) is 0 Å². The number of nitrogens with one attached hydrogen (secondary N) is 1. The second kappa shape index (κ2) is 6.10. The number of carbonyl (C=O) groups excluding carboxylic acids is 1. The number of carboxylic acids is 1. The Morgan fingerprint density at radius 3 is 2.29 bits per heavy atom. The van der Waals surface area contributed by atoms with Gasteiger partial charge >= 0.3 is 5.97 Å². The summed E-state index contributed by atoms with van der Waals surface area (Å²) in [6.45, 7) is 5.33. The SMILES string of the molecule is Cc1ccc(C)c(C(=O)N[C@H](C)c2cccs2)c1C(=O)O. The first kappa shape index (κ1) is 15.3. The van der Waals surface area contributed by atoms with Crippen LogP contribution in [0.2, 0.25) is 0 Å². The molecule has 21 heavy (non-hydrogen) atoms. The van der Waals surface area contributed by atoms with E-state index in [2.05, 4.69) is 5.32 Å². The van der Waals surface area contributed by atoms with Gasteiger partial charge in [0.25, 0.3) is 5.91 Å². The molecule has 0 spiro atoms. The van der Waals surface area contributed by atoms with Crippen LogP contribution in [0.5, 0.6) is 0 Å². The van der Waals surface area contributed by atoms with E-state index in [4.69, 9.17) is 0 Å². The first-order chi connectivity index (χ1) is 9.91. The predicted octanol–water partition coefficient (Wildman–Crippen LogP) is 3.55. The third kappa shape index (κ3) is 3.13. The first-order valence-electron chi connectivity index (χ1n) is 6.59. The third-order valence-electron chi connectivity index (χ3n) is 3.38. The molecule has 1 amide bonds. The fraction of sp³-hybridized carbons (Fsp3) is 0.250. The number of carboxylic acid groups (broad SMARTS) is 1. The van der Waals surface area contributed by atoms with Crippen molar-refractivity contribution in [1.82, 2.24) is 5.32 Å². The number of hydrogen-bond donors (Lipinski definition) is 2. The van der Waals surface area contributed by atoms with Gasteiger partial charge in [-0.25, -0.2) is 4.79 Å². The molecule has 0 saturated heterocycles. The molecular weight excluding hydrogens is 286 g/mol. The predicted molar refractivity (Wildman–Crippen MR) is 83.1 cm³/mol. The Labute approximate surface area is 127 Å². The minimum absolute atomic E-state index is 0.0749. The Hall–Kier alpha value is -2.14. The van der Waals surface area contributed by atoms with Gasteiger partial charge in [0.05, 0.1) is 17.2 Å². The van der Waals surface area contributed by atoms with Crippen LogP contribution >= 0.6 is 11.3 Å². The lowest BCUT2D eigenvalue weighted by Gasteiger charge is -2.16. The lowest BCUT2D eigenvalue weighted by atomic mass is 9.96. The average molecular weight is 303 g/mol.